The highest BCUT2D eigenvalue weighted by Crippen LogP contribution is 2.16. The number of carbonyl (C=O) groups is 1. The fraction of sp³-hybridized carbons (Fsp3) is 0.0952. The fourth-order valence-electron chi connectivity index (χ4n) is 2.41. The normalized spacial score (nSPS) is 9.96. The lowest BCUT2D eigenvalue weighted by Gasteiger charge is -2.09. The van der Waals surface area contributed by atoms with Crippen LogP contribution >= 0.6 is 0 Å². The smallest absolute Gasteiger partial charge is 0.251 e. The standard InChI is InChI=1S/C21H17N3O2/c22-12-18-5-1-2-6-19(18)15-26-20-9-7-17(8-10-20)21(25)24-14-16-4-3-11-23-13-16/h1-11,13H,14-15H2,(H,24,25). The van der Waals surface area contributed by atoms with Crippen molar-refractivity contribution in [2.75, 3.05) is 0 Å². The maximum absolute atomic E-state index is 12.2. The number of aromatic nitrogens is 1. The van der Waals surface area contributed by atoms with Crippen molar-refractivity contribution in [2.45, 2.75) is 13.2 Å². The number of nitrogens with one attached hydrogen (secondary N) is 1. The number of hydrogen-bond acceptors (Lipinski definition) is 4. The molecule has 1 aromatic heterocycles. The van der Waals surface area contributed by atoms with Crippen LogP contribution in [0.2, 0.25) is 0 Å². The van der Waals surface area contributed by atoms with E-state index < -0.39 is 0 Å². The predicted octanol–water partition coefficient (Wildman–Crippen LogP) is 3.46. The Morgan fingerprint density at radius 3 is 2.62 bits per heavy atom. The van der Waals surface area contributed by atoms with Gasteiger partial charge in [-0.05, 0) is 42.0 Å². The molecular formula is C21H17N3O2. The summed E-state index contributed by atoms with van der Waals surface area (Å²) in [7, 11) is 0. The minimum Gasteiger partial charge on any atom is -0.489 e. The summed E-state index contributed by atoms with van der Waals surface area (Å²) < 4.78 is 5.71. The van der Waals surface area contributed by atoms with Crippen LogP contribution in [-0.4, -0.2) is 10.9 Å². The van der Waals surface area contributed by atoms with Crippen molar-refractivity contribution >= 4 is 5.91 Å². The van der Waals surface area contributed by atoms with E-state index in [1.165, 1.54) is 0 Å². The Morgan fingerprint density at radius 1 is 1.08 bits per heavy atom. The van der Waals surface area contributed by atoms with Gasteiger partial charge in [0, 0.05) is 30.1 Å². The molecule has 26 heavy (non-hydrogen) atoms. The van der Waals surface area contributed by atoms with Crippen LogP contribution < -0.4 is 10.1 Å². The molecule has 0 spiro atoms. The van der Waals surface area contributed by atoms with Gasteiger partial charge in [0.2, 0.25) is 0 Å². The second-order valence-electron chi connectivity index (χ2n) is 5.63. The number of rotatable bonds is 6. The number of carbonyl (C=O) groups excluding carboxylic acids is 1. The Bertz CT molecular complexity index is 916. The van der Waals surface area contributed by atoms with Crippen LogP contribution in [-0.2, 0) is 13.2 Å². The van der Waals surface area contributed by atoms with Crippen LogP contribution in [0.1, 0.15) is 27.0 Å². The Kier molecular flexibility index (Phi) is 5.58. The topological polar surface area (TPSA) is 75.0 Å². The number of ether oxygens (including phenoxy) is 1. The van der Waals surface area contributed by atoms with Gasteiger partial charge in [-0.25, -0.2) is 0 Å². The molecular weight excluding hydrogens is 326 g/mol. The molecule has 0 saturated heterocycles. The summed E-state index contributed by atoms with van der Waals surface area (Å²) in [6.07, 6.45) is 3.41. The van der Waals surface area contributed by atoms with Crippen LogP contribution in [0.5, 0.6) is 5.75 Å². The number of pyridine rings is 1. The van der Waals surface area contributed by atoms with E-state index in [0.29, 0.717) is 30.0 Å². The van der Waals surface area contributed by atoms with E-state index in [9.17, 15) is 4.79 Å². The molecule has 1 heterocycles. The van der Waals surface area contributed by atoms with Gasteiger partial charge in [0.05, 0.1) is 11.6 Å². The first-order valence-electron chi connectivity index (χ1n) is 8.14. The van der Waals surface area contributed by atoms with Gasteiger partial charge in [0.25, 0.3) is 5.91 Å². The second-order valence-corrected chi connectivity index (χ2v) is 5.63. The van der Waals surface area contributed by atoms with Crippen molar-refractivity contribution < 1.29 is 9.53 Å². The van der Waals surface area contributed by atoms with Crippen LogP contribution in [0.3, 0.4) is 0 Å². The highest BCUT2D eigenvalue weighted by atomic mass is 16.5. The minimum absolute atomic E-state index is 0.157. The zero-order valence-electron chi connectivity index (χ0n) is 14.1. The summed E-state index contributed by atoms with van der Waals surface area (Å²) in [5, 5.41) is 11.9. The first-order valence-corrected chi connectivity index (χ1v) is 8.14. The molecule has 5 heteroatoms. The van der Waals surface area contributed by atoms with Crippen molar-refractivity contribution in [3.63, 3.8) is 0 Å². The Hall–Kier alpha value is -3.65. The van der Waals surface area contributed by atoms with Crippen LogP contribution in [0.4, 0.5) is 0 Å². The van der Waals surface area contributed by atoms with E-state index in [-0.39, 0.29) is 5.91 Å². The summed E-state index contributed by atoms with van der Waals surface area (Å²) in [6, 6.07) is 20.1. The Labute approximate surface area is 151 Å². The third kappa shape index (κ3) is 4.46. The van der Waals surface area contributed by atoms with Gasteiger partial charge in [-0.2, -0.15) is 5.26 Å². The molecule has 3 aromatic rings. The number of nitrogens with zero attached hydrogens (tertiary/aromatic N) is 2. The average molecular weight is 343 g/mol. The van der Waals surface area contributed by atoms with Gasteiger partial charge >= 0.3 is 0 Å². The predicted molar refractivity (Wildman–Crippen MR) is 97.3 cm³/mol. The highest BCUT2D eigenvalue weighted by Gasteiger charge is 2.06. The SMILES string of the molecule is N#Cc1ccccc1COc1ccc(C(=O)NCc2cccnc2)cc1. The third-order valence-corrected chi connectivity index (χ3v) is 3.82. The fourth-order valence-corrected chi connectivity index (χ4v) is 2.41. The first-order chi connectivity index (χ1) is 12.8. The van der Waals surface area contributed by atoms with Crippen LogP contribution in [0, 0.1) is 11.3 Å². The average Bonchev–Trinajstić information content (AvgIpc) is 2.72. The number of nitriles is 1. The Balaban J connectivity index is 1.56. The molecule has 128 valence electrons. The number of hydrogen-bond donors (Lipinski definition) is 1. The molecule has 0 atom stereocenters. The first kappa shape index (κ1) is 17.2. The molecule has 0 fully saturated rings. The van der Waals surface area contributed by atoms with Crippen LogP contribution in [0.25, 0.3) is 0 Å². The Morgan fingerprint density at radius 2 is 1.88 bits per heavy atom. The van der Waals surface area contributed by atoms with Crippen molar-refractivity contribution in [1.29, 1.82) is 5.26 Å². The van der Waals surface area contributed by atoms with Gasteiger partial charge < -0.3 is 10.1 Å². The minimum atomic E-state index is -0.157. The maximum atomic E-state index is 12.2. The number of benzene rings is 2. The molecule has 3 rings (SSSR count). The van der Waals surface area contributed by atoms with Gasteiger partial charge in [0.15, 0.2) is 0 Å². The van der Waals surface area contributed by atoms with E-state index in [4.69, 9.17) is 10.00 Å². The van der Waals surface area contributed by atoms with Crippen molar-refractivity contribution in [3.05, 3.63) is 95.3 Å². The summed E-state index contributed by atoms with van der Waals surface area (Å²) >= 11 is 0. The lowest BCUT2D eigenvalue weighted by molar-refractivity contribution is 0.0951. The van der Waals surface area contributed by atoms with E-state index >= 15 is 0 Å². The molecule has 0 unspecified atom stereocenters. The lowest BCUT2D eigenvalue weighted by Crippen LogP contribution is -2.22. The molecule has 0 radical (unpaired) electrons. The quantitative estimate of drug-likeness (QED) is 0.744. The summed E-state index contributed by atoms with van der Waals surface area (Å²) in [5.41, 5.74) is 2.92. The highest BCUT2D eigenvalue weighted by molar-refractivity contribution is 5.94. The third-order valence-electron chi connectivity index (χ3n) is 3.82. The zero-order chi connectivity index (χ0) is 18.2. The molecule has 0 aliphatic heterocycles. The molecule has 0 aliphatic rings. The van der Waals surface area contributed by atoms with Crippen molar-refractivity contribution in [3.8, 4) is 11.8 Å². The largest absolute Gasteiger partial charge is 0.489 e. The van der Waals surface area contributed by atoms with Crippen molar-refractivity contribution in [2.24, 2.45) is 0 Å². The van der Waals surface area contributed by atoms with Gasteiger partial charge in [-0.1, -0.05) is 24.3 Å². The summed E-state index contributed by atoms with van der Waals surface area (Å²) in [6.45, 7) is 0.728. The molecule has 1 N–H and O–H groups in total. The maximum Gasteiger partial charge on any atom is 0.251 e. The van der Waals surface area contributed by atoms with Gasteiger partial charge in [-0.15, -0.1) is 0 Å². The van der Waals surface area contributed by atoms with Crippen molar-refractivity contribution in [1.82, 2.24) is 10.3 Å². The molecule has 1 amide bonds. The van der Waals surface area contributed by atoms with E-state index in [1.54, 1.807) is 42.7 Å². The molecule has 0 aliphatic carbocycles. The molecule has 0 saturated carbocycles. The van der Waals surface area contributed by atoms with E-state index in [1.807, 2.05) is 30.3 Å². The molecule has 0 bridgehead atoms. The second kappa shape index (κ2) is 8.45. The lowest BCUT2D eigenvalue weighted by atomic mass is 10.1. The van der Waals surface area contributed by atoms with Crippen LogP contribution in [0.15, 0.2) is 73.1 Å². The monoisotopic (exact) mass is 343 g/mol. The summed E-state index contributed by atoms with van der Waals surface area (Å²) in [5.74, 6) is 0.483. The zero-order valence-corrected chi connectivity index (χ0v) is 14.1. The summed E-state index contributed by atoms with van der Waals surface area (Å²) in [4.78, 5) is 16.2. The molecule has 5 nitrogen and oxygen atoms in total. The van der Waals surface area contributed by atoms with Gasteiger partial charge in [-0.3, -0.25) is 9.78 Å². The van der Waals surface area contributed by atoms with E-state index in [2.05, 4.69) is 16.4 Å². The van der Waals surface area contributed by atoms with E-state index in [0.717, 1.165) is 11.1 Å². The molecule has 2 aromatic carbocycles. The van der Waals surface area contributed by atoms with Gasteiger partial charge in [0.1, 0.15) is 12.4 Å². The number of amides is 1.